The normalized spacial score (nSPS) is 22.7. The van der Waals surface area contributed by atoms with Gasteiger partial charge in [-0.15, -0.1) is 0 Å². The average molecular weight is 564 g/mol. The topological polar surface area (TPSA) is 90.9 Å². The smallest absolute Gasteiger partial charge is 0.258 e. The molecule has 1 aliphatic carbocycles. The maximum atomic E-state index is 13.5. The van der Waals surface area contributed by atoms with Gasteiger partial charge in [0.2, 0.25) is 5.91 Å². The molecule has 7 heteroatoms. The quantitative estimate of drug-likeness (QED) is 0.394. The molecule has 1 heterocycles. The van der Waals surface area contributed by atoms with Crippen LogP contribution in [0.4, 0.5) is 0 Å². The minimum atomic E-state index is -0.857. The number of piperidine rings is 1. The molecule has 1 aliphatic heterocycles. The van der Waals surface area contributed by atoms with Gasteiger partial charge in [-0.1, -0.05) is 67.8 Å². The number of benzene rings is 2. The van der Waals surface area contributed by atoms with Crippen LogP contribution >= 0.6 is 0 Å². The summed E-state index contributed by atoms with van der Waals surface area (Å²) in [5, 5.41) is 17.9. The molecule has 0 spiro atoms. The first kappa shape index (κ1) is 31.0. The molecular formula is C34H49N3O4. The summed E-state index contributed by atoms with van der Waals surface area (Å²) in [4.78, 5) is 28.8. The van der Waals surface area contributed by atoms with Crippen LogP contribution in [0, 0.1) is 25.7 Å². The Labute approximate surface area is 246 Å². The van der Waals surface area contributed by atoms with Gasteiger partial charge < -0.3 is 20.5 Å². The number of hydrogen-bond acceptors (Lipinski definition) is 5. The number of aliphatic hydroxyl groups excluding tert-OH is 1. The van der Waals surface area contributed by atoms with E-state index in [9.17, 15) is 14.7 Å². The number of fused-ring (bicyclic) bond motifs is 1. The summed E-state index contributed by atoms with van der Waals surface area (Å²) < 4.78 is 5.91. The van der Waals surface area contributed by atoms with Crippen molar-refractivity contribution in [1.82, 2.24) is 15.5 Å². The third-order valence-electron chi connectivity index (χ3n) is 8.59. The summed E-state index contributed by atoms with van der Waals surface area (Å²) in [6, 6.07) is 15.0. The number of amides is 2. The molecule has 2 amide bonds. The van der Waals surface area contributed by atoms with Gasteiger partial charge in [-0.3, -0.25) is 14.5 Å². The van der Waals surface area contributed by atoms with Crippen molar-refractivity contribution >= 4 is 11.8 Å². The predicted molar refractivity (Wildman–Crippen MR) is 163 cm³/mol. The van der Waals surface area contributed by atoms with Gasteiger partial charge in [0.05, 0.1) is 18.2 Å². The molecule has 1 saturated carbocycles. The molecule has 2 aromatic carbocycles. The second kappa shape index (κ2) is 13.8. The van der Waals surface area contributed by atoms with E-state index >= 15 is 0 Å². The van der Waals surface area contributed by atoms with Crippen LogP contribution < -0.4 is 15.4 Å². The molecule has 2 aliphatic rings. The molecule has 4 rings (SSSR count). The molecule has 0 radical (unpaired) electrons. The first-order chi connectivity index (χ1) is 19.5. The van der Waals surface area contributed by atoms with Crippen molar-refractivity contribution in [3.05, 3.63) is 65.2 Å². The number of nitrogens with one attached hydrogen (secondary N) is 2. The summed E-state index contributed by atoms with van der Waals surface area (Å²) in [5.74, 6) is 1.56. The molecule has 1 saturated heterocycles. The van der Waals surface area contributed by atoms with E-state index in [1.807, 2.05) is 83.1 Å². The van der Waals surface area contributed by atoms with Gasteiger partial charge in [0, 0.05) is 18.6 Å². The fourth-order valence-electron chi connectivity index (χ4n) is 6.56. The van der Waals surface area contributed by atoms with Crippen LogP contribution in [-0.4, -0.2) is 65.2 Å². The Morgan fingerprint density at radius 3 is 2.32 bits per heavy atom. The van der Waals surface area contributed by atoms with E-state index in [0.29, 0.717) is 30.6 Å². The maximum Gasteiger partial charge on any atom is 0.258 e. The largest absolute Gasteiger partial charge is 0.483 e. The van der Waals surface area contributed by atoms with Gasteiger partial charge in [-0.25, -0.2) is 0 Å². The lowest BCUT2D eigenvalue weighted by molar-refractivity contribution is -0.133. The highest BCUT2D eigenvalue weighted by Crippen LogP contribution is 2.39. The van der Waals surface area contributed by atoms with E-state index in [4.69, 9.17) is 4.74 Å². The molecule has 0 unspecified atom stereocenters. The van der Waals surface area contributed by atoms with E-state index < -0.39 is 12.1 Å². The van der Waals surface area contributed by atoms with Crippen LogP contribution in [0.3, 0.4) is 0 Å². The van der Waals surface area contributed by atoms with Crippen LogP contribution in [-0.2, 0) is 16.0 Å². The van der Waals surface area contributed by atoms with Crippen LogP contribution in [0.5, 0.6) is 5.75 Å². The zero-order valence-electron chi connectivity index (χ0n) is 25.5. The molecule has 0 aromatic heterocycles. The van der Waals surface area contributed by atoms with Crippen LogP contribution in [0.15, 0.2) is 48.5 Å². The van der Waals surface area contributed by atoms with Crippen molar-refractivity contribution in [1.29, 1.82) is 0 Å². The third kappa shape index (κ3) is 8.79. The molecule has 2 aromatic rings. The van der Waals surface area contributed by atoms with Gasteiger partial charge >= 0.3 is 0 Å². The summed E-state index contributed by atoms with van der Waals surface area (Å²) in [6.45, 7) is 10.9. The van der Waals surface area contributed by atoms with Crippen molar-refractivity contribution in [3.63, 3.8) is 0 Å². The average Bonchev–Trinajstić information content (AvgIpc) is 2.91. The Bertz CT molecular complexity index is 1140. The fourth-order valence-corrected chi connectivity index (χ4v) is 6.56. The van der Waals surface area contributed by atoms with E-state index in [2.05, 4.69) is 15.5 Å². The number of ether oxygens (including phenoxy) is 1. The highest BCUT2D eigenvalue weighted by Gasteiger charge is 2.41. The Kier molecular flexibility index (Phi) is 10.5. The van der Waals surface area contributed by atoms with Crippen molar-refractivity contribution in [2.45, 2.75) is 96.9 Å². The monoisotopic (exact) mass is 563 g/mol. The number of carbonyl (C=O) groups excluding carboxylic acids is 2. The lowest BCUT2D eigenvalue weighted by Crippen LogP contribution is -2.60. The predicted octanol–water partition coefficient (Wildman–Crippen LogP) is 4.57. The summed E-state index contributed by atoms with van der Waals surface area (Å²) in [7, 11) is 0. The summed E-state index contributed by atoms with van der Waals surface area (Å²) in [5.41, 5.74) is 2.65. The van der Waals surface area contributed by atoms with Gasteiger partial charge in [0.15, 0.2) is 6.61 Å². The highest BCUT2D eigenvalue weighted by atomic mass is 16.5. The van der Waals surface area contributed by atoms with Crippen LogP contribution in [0.1, 0.15) is 69.6 Å². The molecular weight excluding hydrogens is 514 g/mol. The Hall–Kier alpha value is -2.90. The highest BCUT2D eigenvalue weighted by molar-refractivity contribution is 5.82. The number of hydrogen-bond donors (Lipinski definition) is 3. The number of nitrogens with zero attached hydrogens (tertiary/aromatic N) is 1. The minimum Gasteiger partial charge on any atom is -0.483 e. The standard InChI is InChI=1S/C34H49N3O4/c1-23-12-11-13-24(2)32(23)41-22-31(39)35-28(18-25-14-7-6-8-15-25)30(38)21-37-20-27-17-10-9-16-26(27)19-29(37)33(40)36-34(3,4)5/h6-8,11-15,26-30,38H,9-10,16-22H2,1-5H3,(H,35,39)(H,36,40)/t26-,27+,28-,29-,30+/m0/s1. The Balaban J connectivity index is 1.49. The van der Waals surface area contributed by atoms with Gasteiger partial charge in [0.25, 0.3) is 5.91 Å². The SMILES string of the molecule is Cc1cccc(C)c1OCC(=O)N[C@@H](Cc1ccccc1)[C@H](O)CN1C[C@H]2CCCC[C@H]2C[C@H]1C(=O)NC(C)(C)C. The number of para-hydroxylation sites is 1. The second-order valence-electron chi connectivity index (χ2n) is 13.2. The van der Waals surface area contributed by atoms with Crippen molar-refractivity contribution in [2.24, 2.45) is 11.8 Å². The minimum absolute atomic E-state index is 0.0272. The van der Waals surface area contributed by atoms with Crippen molar-refractivity contribution in [2.75, 3.05) is 19.7 Å². The van der Waals surface area contributed by atoms with Gasteiger partial charge in [-0.05, 0) is 82.4 Å². The lowest BCUT2D eigenvalue weighted by Gasteiger charge is -2.47. The molecule has 41 heavy (non-hydrogen) atoms. The van der Waals surface area contributed by atoms with Crippen molar-refractivity contribution < 1.29 is 19.4 Å². The number of aliphatic hydroxyl groups is 1. The van der Waals surface area contributed by atoms with Crippen molar-refractivity contribution in [3.8, 4) is 5.75 Å². The van der Waals surface area contributed by atoms with E-state index in [-0.39, 0.29) is 30.0 Å². The maximum absolute atomic E-state index is 13.5. The molecule has 2 fully saturated rings. The van der Waals surface area contributed by atoms with Crippen LogP contribution in [0.25, 0.3) is 0 Å². The summed E-state index contributed by atoms with van der Waals surface area (Å²) >= 11 is 0. The number of likely N-dealkylation sites (tertiary alicyclic amines) is 1. The number of carbonyl (C=O) groups is 2. The lowest BCUT2D eigenvalue weighted by atomic mass is 9.72. The first-order valence-electron chi connectivity index (χ1n) is 15.3. The Morgan fingerprint density at radius 1 is 1.00 bits per heavy atom. The Morgan fingerprint density at radius 2 is 1.66 bits per heavy atom. The number of β-amino-alcohol motifs (C(OH)–C–C–N with tert-alkyl or cyclic N) is 1. The number of aryl methyl sites for hydroxylation is 2. The zero-order valence-corrected chi connectivity index (χ0v) is 25.5. The van der Waals surface area contributed by atoms with E-state index in [0.717, 1.165) is 29.7 Å². The summed E-state index contributed by atoms with van der Waals surface area (Å²) in [6.07, 6.45) is 5.24. The van der Waals surface area contributed by atoms with Crippen LogP contribution in [0.2, 0.25) is 0 Å². The zero-order chi connectivity index (χ0) is 29.6. The number of rotatable bonds is 10. The first-order valence-corrected chi connectivity index (χ1v) is 15.3. The third-order valence-corrected chi connectivity index (χ3v) is 8.59. The van der Waals surface area contributed by atoms with Gasteiger partial charge in [-0.2, -0.15) is 0 Å². The molecule has 5 atom stereocenters. The second-order valence-corrected chi connectivity index (χ2v) is 13.2. The van der Waals surface area contributed by atoms with E-state index in [1.54, 1.807) is 0 Å². The van der Waals surface area contributed by atoms with Gasteiger partial charge in [0.1, 0.15) is 5.75 Å². The fraction of sp³-hybridized carbons (Fsp3) is 0.588. The molecule has 3 N–H and O–H groups in total. The van der Waals surface area contributed by atoms with E-state index in [1.165, 1.54) is 25.7 Å². The molecule has 0 bridgehead atoms. The molecule has 224 valence electrons. The molecule has 7 nitrogen and oxygen atoms in total.